The molecular formula is C16H11FN2O. The molecule has 4 heteroatoms. The van der Waals surface area contributed by atoms with Crippen LogP contribution in [0.5, 0.6) is 0 Å². The summed E-state index contributed by atoms with van der Waals surface area (Å²) in [5, 5.41) is 7.06. The van der Waals surface area contributed by atoms with Crippen LogP contribution in [-0.4, -0.2) is 16.5 Å². The van der Waals surface area contributed by atoms with Gasteiger partial charge in [0.15, 0.2) is 6.29 Å². The van der Waals surface area contributed by atoms with Crippen LogP contribution in [-0.2, 0) is 0 Å². The van der Waals surface area contributed by atoms with Gasteiger partial charge in [0.1, 0.15) is 5.82 Å². The van der Waals surface area contributed by atoms with Crippen molar-refractivity contribution in [2.24, 2.45) is 0 Å². The fourth-order valence-corrected chi connectivity index (χ4v) is 2.10. The molecule has 0 saturated heterocycles. The highest BCUT2D eigenvalue weighted by atomic mass is 19.1. The molecule has 0 fully saturated rings. The maximum atomic E-state index is 13.2. The summed E-state index contributed by atoms with van der Waals surface area (Å²) in [7, 11) is 0. The Hall–Kier alpha value is -2.75. The maximum absolute atomic E-state index is 13.2. The van der Waals surface area contributed by atoms with E-state index < -0.39 is 0 Å². The minimum atomic E-state index is -0.305. The number of hydrogen-bond donors (Lipinski definition) is 1. The van der Waals surface area contributed by atoms with E-state index in [0.29, 0.717) is 16.8 Å². The SMILES string of the molecule is O=Cc1ccccc1-c1cc(-c2cccc(F)c2)n[nH]1. The van der Waals surface area contributed by atoms with Crippen LogP contribution in [0, 0.1) is 5.82 Å². The Balaban J connectivity index is 2.04. The molecule has 0 bridgehead atoms. The van der Waals surface area contributed by atoms with Gasteiger partial charge in [-0.3, -0.25) is 9.89 Å². The zero-order valence-corrected chi connectivity index (χ0v) is 10.5. The van der Waals surface area contributed by atoms with Crippen LogP contribution >= 0.6 is 0 Å². The number of hydrogen-bond acceptors (Lipinski definition) is 2. The summed E-state index contributed by atoms with van der Waals surface area (Å²) in [5.74, 6) is -0.305. The van der Waals surface area contributed by atoms with Crippen molar-refractivity contribution in [1.29, 1.82) is 0 Å². The highest BCUT2D eigenvalue weighted by Gasteiger charge is 2.09. The molecule has 98 valence electrons. The molecule has 1 heterocycles. The number of nitrogens with one attached hydrogen (secondary N) is 1. The summed E-state index contributed by atoms with van der Waals surface area (Å²) in [6.45, 7) is 0. The Labute approximate surface area is 115 Å². The fourth-order valence-electron chi connectivity index (χ4n) is 2.10. The summed E-state index contributed by atoms with van der Waals surface area (Å²) in [5.41, 5.74) is 3.42. The molecule has 0 radical (unpaired) electrons. The van der Waals surface area contributed by atoms with Gasteiger partial charge in [0.25, 0.3) is 0 Å². The summed E-state index contributed by atoms with van der Waals surface area (Å²) in [6.07, 6.45) is 0.804. The second-order valence-corrected chi connectivity index (χ2v) is 4.38. The molecule has 0 spiro atoms. The molecule has 3 aromatic rings. The molecular weight excluding hydrogens is 255 g/mol. The molecule has 0 aliphatic rings. The Bertz CT molecular complexity index is 764. The molecule has 0 atom stereocenters. The van der Waals surface area contributed by atoms with Crippen LogP contribution in [0.2, 0.25) is 0 Å². The number of nitrogens with zero attached hydrogens (tertiary/aromatic N) is 1. The molecule has 0 aliphatic carbocycles. The van der Waals surface area contributed by atoms with Gasteiger partial charge in [0.05, 0.1) is 11.4 Å². The average molecular weight is 266 g/mol. The zero-order valence-electron chi connectivity index (χ0n) is 10.5. The molecule has 1 N–H and O–H groups in total. The standard InChI is InChI=1S/C16H11FN2O/c17-13-6-3-5-11(8-13)15-9-16(19-18-15)14-7-2-1-4-12(14)10-20/h1-10H,(H,18,19). The zero-order chi connectivity index (χ0) is 13.9. The third-order valence-electron chi connectivity index (χ3n) is 3.08. The Morgan fingerprint density at radius 3 is 2.70 bits per heavy atom. The minimum Gasteiger partial charge on any atom is -0.298 e. The highest BCUT2D eigenvalue weighted by Crippen LogP contribution is 2.25. The number of rotatable bonds is 3. The van der Waals surface area contributed by atoms with Crippen LogP contribution in [0.1, 0.15) is 10.4 Å². The van der Waals surface area contributed by atoms with Crippen molar-refractivity contribution >= 4 is 6.29 Å². The molecule has 2 aromatic carbocycles. The van der Waals surface area contributed by atoms with Gasteiger partial charge >= 0.3 is 0 Å². The molecule has 0 aliphatic heterocycles. The van der Waals surface area contributed by atoms with Crippen molar-refractivity contribution in [2.45, 2.75) is 0 Å². The number of carbonyl (C=O) groups is 1. The van der Waals surface area contributed by atoms with Crippen LogP contribution < -0.4 is 0 Å². The molecule has 3 rings (SSSR count). The van der Waals surface area contributed by atoms with Crippen molar-refractivity contribution in [3.8, 4) is 22.5 Å². The van der Waals surface area contributed by atoms with E-state index in [9.17, 15) is 9.18 Å². The van der Waals surface area contributed by atoms with Crippen molar-refractivity contribution in [2.75, 3.05) is 0 Å². The molecule has 3 nitrogen and oxygen atoms in total. The van der Waals surface area contributed by atoms with Gasteiger partial charge < -0.3 is 0 Å². The van der Waals surface area contributed by atoms with Crippen molar-refractivity contribution in [1.82, 2.24) is 10.2 Å². The van der Waals surface area contributed by atoms with E-state index >= 15 is 0 Å². The minimum absolute atomic E-state index is 0.305. The lowest BCUT2D eigenvalue weighted by Gasteiger charge is -2.00. The first-order valence-electron chi connectivity index (χ1n) is 6.14. The van der Waals surface area contributed by atoms with Gasteiger partial charge in [-0.25, -0.2) is 4.39 Å². The lowest BCUT2D eigenvalue weighted by atomic mass is 10.0. The van der Waals surface area contributed by atoms with Gasteiger partial charge in [0.2, 0.25) is 0 Å². The molecule has 0 amide bonds. The van der Waals surface area contributed by atoms with Crippen LogP contribution in [0.3, 0.4) is 0 Å². The topological polar surface area (TPSA) is 45.8 Å². The summed E-state index contributed by atoms with van der Waals surface area (Å²) >= 11 is 0. The Morgan fingerprint density at radius 1 is 1.05 bits per heavy atom. The third-order valence-corrected chi connectivity index (χ3v) is 3.08. The molecule has 0 saturated carbocycles. The number of H-pyrrole nitrogens is 1. The summed E-state index contributed by atoms with van der Waals surface area (Å²) < 4.78 is 13.2. The van der Waals surface area contributed by atoms with E-state index in [1.165, 1.54) is 12.1 Å². The first-order valence-corrected chi connectivity index (χ1v) is 6.14. The Kier molecular flexibility index (Phi) is 3.13. The van der Waals surface area contributed by atoms with Gasteiger partial charge in [-0.15, -0.1) is 0 Å². The van der Waals surface area contributed by atoms with Gasteiger partial charge in [-0.1, -0.05) is 36.4 Å². The van der Waals surface area contributed by atoms with Crippen molar-refractivity contribution < 1.29 is 9.18 Å². The molecule has 20 heavy (non-hydrogen) atoms. The van der Waals surface area contributed by atoms with Crippen molar-refractivity contribution in [3.63, 3.8) is 0 Å². The number of benzene rings is 2. The number of aromatic nitrogens is 2. The lowest BCUT2D eigenvalue weighted by Crippen LogP contribution is -1.86. The second-order valence-electron chi connectivity index (χ2n) is 4.38. The number of aldehydes is 1. The normalized spacial score (nSPS) is 10.4. The van der Waals surface area contributed by atoms with E-state index in [4.69, 9.17) is 0 Å². The van der Waals surface area contributed by atoms with E-state index in [0.717, 1.165) is 17.5 Å². The maximum Gasteiger partial charge on any atom is 0.150 e. The van der Waals surface area contributed by atoms with Gasteiger partial charge in [0, 0.05) is 16.7 Å². The predicted octanol–water partition coefficient (Wildman–Crippen LogP) is 3.70. The third kappa shape index (κ3) is 2.23. The Morgan fingerprint density at radius 2 is 1.90 bits per heavy atom. The second kappa shape index (κ2) is 5.09. The summed E-state index contributed by atoms with van der Waals surface area (Å²) in [4.78, 5) is 11.0. The first-order chi connectivity index (χ1) is 9.78. The fraction of sp³-hybridized carbons (Fsp3) is 0. The quantitative estimate of drug-likeness (QED) is 0.735. The van der Waals surface area contributed by atoms with Crippen LogP contribution in [0.4, 0.5) is 4.39 Å². The number of carbonyl (C=O) groups excluding carboxylic acids is 1. The molecule has 0 unspecified atom stereocenters. The summed E-state index contributed by atoms with van der Waals surface area (Å²) in [6, 6.07) is 15.3. The number of halogens is 1. The van der Waals surface area contributed by atoms with E-state index in [2.05, 4.69) is 10.2 Å². The highest BCUT2D eigenvalue weighted by molar-refractivity contribution is 5.87. The van der Waals surface area contributed by atoms with Crippen LogP contribution in [0.15, 0.2) is 54.6 Å². The van der Waals surface area contributed by atoms with Crippen LogP contribution in [0.25, 0.3) is 22.5 Å². The largest absolute Gasteiger partial charge is 0.298 e. The van der Waals surface area contributed by atoms with Gasteiger partial charge in [-0.2, -0.15) is 5.10 Å². The van der Waals surface area contributed by atoms with Gasteiger partial charge in [-0.05, 0) is 18.2 Å². The van der Waals surface area contributed by atoms with E-state index in [1.807, 2.05) is 12.1 Å². The number of aromatic amines is 1. The predicted molar refractivity (Wildman–Crippen MR) is 74.8 cm³/mol. The smallest absolute Gasteiger partial charge is 0.150 e. The molecule has 1 aromatic heterocycles. The average Bonchev–Trinajstić information content (AvgIpc) is 2.97. The lowest BCUT2D eigenvalue weighted by molar-refractivity contribution is 0.112. The van der Waals surface area contributed by atoms with E-state index in [-0.39, 0.29) is 5.82 Å². The van der Waals surface area contributed by atoms with Crippen molar-refractivity contribution in [3.05, 3.63) is 66.0 Å². The first kappa shape index (κ1) is 12.3. The monoisotopic (exact) mass is 266 g/mol. The van der Waals surface area contributed by atoms with E-state index in [1.54, 1.807) is 30.3 Å².